The van der Waals surface area contributed by atoms with Gasteiger partial charge in [-0.15, -0.1) is 0 Å². The molecule has 1 aromatic carbocycles. The van der Waals surface area contributed by atoms with Gasteiger partial charge >= 0.3 is 0 Å². The zero-order chi connectivity index (χ0) is 17.6. The van der Waals surface area contributed by atoms with Crippen LogP contribution in [0.1, 0.15) is 30.4 Å². The highest BCUT2D eigenvalue weighted by Crippen LogP contribution is 2.22. The van der Waals surface area contributed by atoms with Crippen molar-refractivity contribution >= 4 is 17.7 Å². The van der Waals surface area contributed by atoms with Crippen molar-refractivity contribution in [3.05, 3.63) is 29.3 Å². The summed E-state index contributed by atoms with van der Waals surface area (Å²) in [5.74, 6) is 3.47. The number of carbonyl (C=O) groups is 1. The molecule has 4 nitrogen and oxygen atoms in total. The Hall–Kier alpha value is -1.20. The van der Waals surface area contributed by atoms with Gasteiger partial charge in [-0.2, -0.15) is 11.8 Å². The number of ether oxygens (including phenoxy) is 1. The van der Waals surface area contributed by atoms with Gasteiger partial charge in [0.15, 0.2) is 0 Å². The Labute approximate surface area is 155 Å². The van der Waals surface area contributed by atoms with Gasteiger partial charge in [-0.05, 0) is 62.9 Å². The molecule has 0 saturated carbocycles. The molecule has 1 amide bonds. The molecule has 1 atom stereocenters. The third kappa shape index (κ3) is 4.91. The Kier molecular flexibility index (Phi) is 6.65. The van der Waals surface area contributed by atoms with Crippen molar-refractivity contribution < 1.29 is 9.53 Å². The summed E-state index contributed by atoms with van der Waals surface area (Å²) in [5, 5.41) is 0. The maximum absolute atomic E-state index is 12.8. The lowest BCUT2D eigenvalue weighted by molar-refractivity contribution is -0.135. The van der Waals surface area contributed by atoms with Crippen LogP contribution in [0.15, 0.2) is 18.2 Å². The van der Waals surface area contributed by atoms with Crippen LogP contribution in [0.3, 0.4) is 0 Å². The minimum Gasteiger partial charge on any atom is -0.494 e. The second-order valence-corrected chi connectivity index (χ2v) is 8.30. The lowest BCUT2D eigenvalue weighted by atomic mass is 10.1. The predicted octanol–water partition coefficient (Wildman–Crippen LogP) is 3.11. The van der Waals surface area contributed by atoms with Crippen LogP contribution in [-0.2, 0) is 4.79 Å². The molecule has 25 heavy (non-hydrogen) atoms. The monoisotopic (exact) mass is 362 g/mol. The highest BCUT2D eigenvalue weighted by Gasteiger charge is 2.33. The van der Waals surface area contributed by atoms with Gasteiger partial charge in [0.1, 0.15) is 5.75 Å². The van der Waals surface area contributed by atoms with Crippen molar-refractivity contribution in [1.29, 1.82) is 0 Å². The Morgan fingerprint density at radius 3 is 2.76 bits per heavy atom. The lowest BCUT2D eigenvalue weighted by Gasteiger charge is -2.32. The van der Waals surface area contributed by atoms with Gasteiger partial charge in [0.05, 0.1) is 12.6 Å². The molecule has 1 aromatic rings. The normalized spacial score (nSPS) is 21.5. The Bertz CT molecular complexity index is 587. The number of amides is 1. The molecule has 0 N–H and O–H groups in total. The van der Waals surface area contributed by atoms with Crippen LogP contribution in [0.4, 0.5) is 0 Å². The van der Waals surface area contributed by atoms with E-state index < -0.39 is 0 Å². The van der Waals surface area contributed by atoms with Gasteiger partial charge in [-0.1, -0.05) is 6.07 Å². The molecule has 3 rings (SSSR count). The highest BCUT2D eigenvalue weighted by molar-refractivity contribution is 7.99. The average Bonchev–Trinajstić information content (AvgIpc) is 3.10. The fourth-order valence-electron chi connectivity index (χ4n) is 3.63. The highest BCUT2D eigenvalue weighted by atomic mass is 32.2. The van der Waals surface area contributed by atoms with Gasteiger partial charge in [0.25, 0.3) is 0 Å². The van der Waals surface area contributed by atoms with Crippen molar-refractivity contribution in [2.75, 3.05) is 44.3 Å². The molecule has 2 saturated heterocycles. The molecule has 0 aromatic heterocycles. The first kappa shape index (κ1) is 18.6. The molecule has 0 aliphatic carbocycles. The third-order valence-corrected chi connectivity index (χ3v) is 6.25. The third-order valence-electron chi connectivity index (χ3n) is 5.31. The summed E-state index contributed by atoms with van der Waals surface area (Å²) in [7, 11) is 0. The van der Waals surface area contributed by atoms with Crippen molar-refractivity contribution in [1.82, 2.24) is 9.80 Å². The van der Waals surface area contributed by atoms with Gasteiger partial charge in [0.2, 0.25) is 5.91 Å². The predicted molar refractivity (Wildman–Crippen MR) is 105 cm³/mol. The van der Waals surface area contributed by atoms with Crippen LogP contribution in [0.5, 0.6) is 5.75 Å². The quantitative estimate of drug-likeness (QED) is 0.728. The van der Waals surface area contributed by atoms with Crippen LogP contribution in [0, 0.1) is 13.8 Å². The van der Waals surface area contributed by atoms with Crippen LogP contribution in [-0.4, -0.2) is 66.0 Å². The first-order valence-corrected chi connectivity index (χ1v) is 10.6. The van der Waals surface area contributed by atoms with E-state index in [2.05, 4.69) is 35.8 Å². The molecule has 2 fully saturated rings. The van der Waals surface area contributed by atoms with E-state index in [-0.39, 0.29) is 6.04 Å². The van der Waals surface area contributed by atoms with E-state index in [4.69, 9.17) is 4.74 Å². The number of rotatable bonds is 6. The number of hydrogen-bond acceptors (Lipinski definition) is 4. The molecular weight excluding hydrogens is 332 g/mol. The summed E-state index contributed by atoms with van der Waals surface area (Å²) in [6.07, 6.45) is 3.12. The number of benzene rings is 1. The molecule has 0 radical (unpaired) electrons. The van der Waals surface area contributed by atoms with E-state index in [0.29, 0.717) is 12.5 Å². The number of thioether (sulfide) groups is 1. The summed E-state index contributed by atoms with van der Waals surface area (Å²) < 4.78 is 5.89. The summed E-state index contributed by atoms with van der Waals surface area (Å²) in [5.41, 5.74) is 2.56. The van der Waals surface area contributed by atoms with Gasteiger partial charge in [-0.3, -0.25) is 9.69 Å². The maximum atomic E-state index is 12.8. The van der Waals surface area contributed by atoms with Crippen molar-refractivity contribution in [3.8, 4) is 5.75 Å². The van der Waals surface area contributed by atoms with E-state index in [1.165, 1.54) is 11.1 Å². The molecule has 0 bridgehead atoms. The molecule has 2 aliphatic rings. The van der Waals surface area contributed by atoms with Gasteiger partial charge in [-0.25, -0.2) is 0 Å². The minimum absolute atomic E-state index is 0.102. The summed E-state index contributed by atoms with van der Waals surface area (Å²) in [6, 6.07) is 6.35. The molecule has 2 aliphatic heterocycles. The summed E-state index contributed by atoms with van der Waals surface area (Å²) in [4.78, 5) is 17.2. The van der Waals surface area contributed by atoms with E-state index in [1.807, 2.05) is 17.8 Å². The molecule has 2 heterocycles. The van der Waals surface area contributed by atoms with Crippen molar-refractivity contribution in [3.63, 3.8) is 0 Å². The van der Waals surface area contributed by atoms with Crippen LogP contribution < -0.4 is 4.74 Å². The van der Waals surface area contributed by atoms with E-state index in [0.717, 1.165) is 62.7 Å². The van der Waals surface area contributed by atoms with Gasteiger partial charge < -0.3 is 9.64 Å². The molecule has 1 unspecified atom stereocenters. The van der Waals surface area contributed by atoms with Crippen molar-refractivity contribution in [2.45, 2.75) is 39.2 Å². The largest absolute Gasteiger partial charge is 0.494 e. The van der Waals surface area contributed by atoms with Crippen LogP contribution in [0.25, 0.3) is 0 Å². The van der Waals surface area contributed by atoms with Gasteiger partial charge in [0, 0.05) is 31.1 Å². The number of hydrogen-bond donors (Lipinski definition) is 0. The molecule has 0 spiro atoms. The van der Waals surface area contributed by atoms with Crippen LogP contribution >= 0.6 is 11.8 Å². The molecular formula is C20H30N2O2S. The lowest BCUT2D eigenvalue weighted by Crippen LogP contribution is -2.48. The summed E-state index contributed by atoms with van der Waals surface area (Å²) >= 11 is 1.95. The first-order chi connectivity index (χ1) is 12.1. The number of nitrogens with zero attached hydrogens (tertiary/aromatic N) is 2. The Morgan fingerprint density at radius 1 is 1.20 bits per heavy atom. The first-order valence-electron chi connectivity index (χ1n) is 9.46. The second-order valence-electron chi connectivity index (χ2n) is 7.08. The van der Waals surface area contributed by atoms with E-state index >= 15 is 0 Å². The zero-order valence-electron chi connectivity index (χ0n) is 15.5. The number of aryl methyl sites for hydroxylation is 2. The number of carbonyl (C=O) groups excluding carboxylic acids is 1. The Morgan fingerprint density at radius 2 is 2.00 bits per heavy atom. The second kappa shape index (κ2) is 8.95. The summed E-state index contributed by atoms with van der Waals surface area (Å²) in [6.45, 7) is 8.77. The standard InChI is InChI=1S/C20H30N2O2S/c1-16-6-7-18(15-17(16)2)24-12-4-9-21-8-3-5-19(21)20(23)22-10-13-25-14-11-22/h6-7,15,19H,3-5,8-14H2,1-2H3. The SMILES string of the molecule is Cc1ccc(OCCCN2CCCC2C(=O)N2CCSCC2)cc1C. The topological polar surface area (TPSA) is 32.8 Å². The Balaban J connectivity index is 1.43. The average molecular weight is 363 g/mol. The zero-order valence-corrected chi connectivity index (χ0v) is 16.3. The minimum atomic E-state index is 0.102. The van der Waals surface area contributed by atoms with E-state index in [9.17, 15) is 4.79 Å². The molecule has 5 heteroatoms. The maximum Gasteiger partial charge on any atom is 0.239 e. The smallest absolute Gasteiger partial charge is 0.239 e. The number of likely N-dealkylation sites (tertiary alicyclic amines) is 1. The van der Waals surface area contributed by atoms with Crippen molar-refractivity contribution in [2.24, 2.45) is 0 Å². The van der Waals surface area contributed by atoms with E-state index in [1.54, 1.807) is 0 Å². The fraction of sp³-hybridized carbons (Fsp3) is 0.650. The fourth-order valence-corrected chi connectivity index (χ4v) is 4.53. The molecule has 138 valence electrons. The van der Waals surface area contributed by atoms with Crippen LogP contribution in [0.2, 0.25) is 0 Å².